The second kappa shape index (κ2) is 6.63. The first-order valence-electron chi connectivity index (χ1n) is 10.4. The molecule has 0 aliphatic heterocycles. The minimum Gasteiger partial charge on any atom is -0.0530 e. The van der Waals surface area contributed by atoms with Crippen molar-refractivity contribution in [2.24, 2.45) is 35.5 Å². The van der Waals surface area contributed by atoms with Crippen LogP contribution in [-0.4, -0.2) is 0 Å². The van der Waals surface area contributed by atoms with Gasteiger partial charge in [0.25, 0.3) is 0 Å². The first-order valence-corrected chi connectivity index (χ1v) is 10.4. The Balaban J connectivity index is 1.41. The predicted octanol–water partition coefficient (Wildman–Crippen LogP) is 6.59. The van der Waals surface area contributed by atoms with E-state index in [1.165, 1.54) is 0 Å². The second-order valence-corrected chi connectivity index (χ2v) is 9.03. The van der Waals surface area contributed by atoms with Crippen molar-refractivity contribution >= 4 is 0 Å². The van der Waals surface area contributed by atoms with Crippen LogP contribution in [-0.2, 0) is 0 Å². The Morgan fingerprint density at radius 3 is 1.38 bits per heavy atom. The Labute approximate surface area is 132 Å². The molecule has 6 atom stereocenters. The molecule has 0 unspecified atom stereocenters. The van der Waals surface area contributed by atoms with Crippen LogP contribution in [0.3, 0.4) is 0 Å². The van der Waals surface area contributed by atoms with E-state index in [-0.39, 0.29) is 0 Å². The summed E-state index contributed by atoms with van der Waals surface area (Å²) >= 11 is 0. The maximum absolute atomic E-state index is 1.64. The average Bonchev–Trinajstić information content (AvgIpc) is 2.56. The molecule has 0 radical (unpaired) electrons. The van der Waals surface area contributed by atoms with Crippen LogP contribution in [0.25, 0.3) is 0 Å². The second-order valence-electron chi connectivity index (χ2n) is 9.03. The smallest absolute Gasteiger partial charge is 0.0357 e. The zero-order valence-electron chi connectivity index (χ0n) is 14.1. The zero-order chi connectivity index (χ0) is 14.1. The van der Waals surface area contributed by atoms with Crippen LogP contribution < -0.4 is 0 Å². The summed E-state index contributed by atoms with van der Waals surface area (Å²) in [4.78, 5) is 0. The molecule has 0 aromatic rings. The van der Waals surface area contributed by atoms with Gasteiger partial charge >= 0.3 is 0 Å². The lowest BCUT2D eigenvalue weighted by Gasteiger charge is -2.47. The highest BCUT2D eigenvalue weighted by molar-refractivity contribution is 4.90. The molecule has 4 fully saturated rings. The summed E-state index contributed by atoms with van der Waals surface area (Å²) in [6.07, 6.45) is 23.6. The van der Waals surface area contributed by atoms with Crippen LogP contribution >= 0.6 is 0 Å². The van der Waals surface area contributed by atoms with Crippen LogP contribution in [0.5, 0.6) is 0 Å². The largest absolute Gasteiger partial charge is 0.0530 e. The normalized spacial score (nSPS) is 47.4. The zero-order valence-corrected chi connectivity index (χ0v) is 14.1. The van der Waals surface area contributed by atoms with Crippen LogP contribution in [0.2, 0.25) is 0 Å². The summed E-state index contributed by atoms with van der Waals surface area (Å²) in [5.74, 6) is 6.85. The Morgan fingerprint density at radius 1 is 0.429 bits per heavy atom. The van der Waals surface area contributed by atoms with E-state index in [9.17, 15) is 0 Å². The fourth-order valence-corrected chi connectivity index (χ4v) is 7.12. The van der Waals surface area contributed by atoms with Gasteiger partial charge in [-0.25, -0.2) is 0 Å². The van der Waals surface area contributed by atoms with Crippen LogP contribution in [0.15, 0.2) is 0 Å². The molecule has 0 bridgehead atoms. The van der Waals surface area contributed by atoms with E-state index in [4.69, 9.17) is 0 Å². The van der Waals surface area contributed by atoms with Gasteiger partial charge in [-0.15, -0.1) is 0 Å². The van der Waals surface area contributed by atoms with Gasteiger partial charge in [-0.2, -0.15) is 0 Å². The van der Waals surface area contributed by atoms with Crippen LogP contribution in [0, 0.1) is 35.5 Å². The molecule has 21 heavy (non-hydrogen) atoms. The third kappa shape index (κ3) is 3.06. The lowest BCUT2D eigenvalue weighted by atomic mass is 9.59. The molecule has 0 spiro atoms. The Hall–Kier alpha value is 0. The Morgan fingerprint density at radius 2 is 0.857 bits per heavy atom. The summed E-state index contributed by atoms with van der Waals surface area (Å²) in [5.41, 5.74) is 0. The molecular formula is C21H36. The van der Waals surface area contributed by atoms with Gasteiger partial charge in [0, 0.05) is 0 Å². The highest BCUT2D eigenvalue weighted by Crippen LogP contribution is 2.51. The molecule has 120 valence electrons. The van der Waals surface area contributed by atoms with Gasteiger partial charge in [-0.05, 0) is 54.8 Å². The molecule has 4 saturated carbocycles. The third-order valence-corrected chi connectivity index (χ3v) is 8.05. The van der Waals surface area contributed by atoms with Crippen molar-refractivity contribution < 1.29 is 0 Å². The first kappa shape index (κ1) is 14.6. The fourth-order valence-electron chi connectivity index (χ4n) is 7.12. The number of hydrogen-bond donors (Lipinski definition) is 0. The first-order chi connectivity index (χ1) is 10.4. The third-order valence-electron chi connectivity index (χ3n) is 8.05. The molecule has 4 aliphatic carbocycles. The lowest BCUT2D eigenvalue weighted by molar-refractivity contribution is 0.0403. The van der Waals surface area contributed by atoms with E-state index in [2.05, 4.69) is 0 Å². The highest BCUT2D eigenvalue weighted by Gasteiger charge is 2.40. The van der Waals surface area contributed by atoms with Crippen molar-refractivity contribution in [3.8, 4) is 0 Å². The number of fused-ring (bicyclic) bond motifs is 2. The van der Waals surface area contributed by atoms with E-state index < -0.39 is 0 Å². The molecule has 0 amide bonds. The number of hydrogen-bond acceptors (Lipinski definition) is 0. The van der Waals surface area contributed by atoms with Gasteiger partial charge in [0.15, 0.2) is 0 Å². The van der Waals surface area contributed by atoms with Crippen molar-refractivity contribution in [3.63, 3.8) is 0 Å². The minimum absolute atomic E-state index is 1.13. The van der Waals surface area contributed by atoms with Crippen LogP contribution in [0.1, 0.15) is 96.3 Å². The lowest BCUT2D eigenvalue weighted by Crippen LogP contribution is -2.36. The fraction of sp³-hybridized carbons (Fsp3) is 1.00. The van der Waals surface area contributed by atoms with Crippen molar-refractivity contribution in [3.05, 3.63) is 0 Å². The summed E-state index contributed by atoms with van der Waals surface area (Å²) in [5, 5.41) is 0. The van der Waals surface area contributed by atoms with Gasteiger partial charge in [-0.1, -0.05) is 77.0 Å². The summed E-state index contributed by atoms with van der Waals surface area (Å²) in [7, 11) is 0. The van der Waals surface area contributed by atoms with E-state index in [1.54, 1.807) is 96.3 Å². The number of rotatable bonds is 2. The Bertz CT molecular complexity index is 297. The minimum atomic E-state index is 1.13. The molecule has 0 aromatic heterocycles. The van der Waals surface area contributed by atoms with Crippen molar-refractivity contribution in [2.75, 3.05) is 0 Å². The standard InChI is InChI=1S/C21H36/c1-3-13-20-16(7-1)9-5-11-18(20)15-19-12-6-10-17-8-2-4-14-21(17)19/h16-21H,1-15H2/t16-,17-,18-,19+,20+,21+/m1/s1. The SMILES string of the molecule is C1CC[C@H]2[C@H](C1)CCC[C@@H]2C[C@@H]1CCC[C@H]2CCCC[C@@H]21. The van der Waals surface area contributed by atoms with Crippen molar-refractivity contribution in [2.45, 2.75) is 96.3 Å². The van der Waals surface area contributed by atoms with E-state index in [0.29, 0.717) is 0 Å². The monoisotopic (exact) mass is 288 g/mol. The van der Waals surface area contributed by atoms with E-state index in [0.717, 1.165) is 35.5 Å². The van der Waals surface area contributed by atoms with Crippen molar-refractivity contribution in [1.82, 2.24) is 0 Å². The van der Waals surface area contributed by atoms with Gasteiger partial charge in [0.2, 0.25) is 0 Å². The van der Waals surface area contributed by atoms with Crippen molar-refractivity contribution in [1.29, 1.82) is 0 Å². The highest BCUT2D eigenvalue weighted by atomic mass is 14.5. The molecule has 0 aromatic carbocycles. The maximum Gasteiger partial charge on any atom is -0.0357 e. The maximum atomic E-state index is 1.64. The van der Waals surface area contributed by atoms with E-state index >= 15 is 0 Å². The van der Waals surface area contributed by atoms with Crippen LogP contribution in [0.4, 0.5) is 0 Å². The van der Waals surface area contributed by atoms with Gasteiger partial charge in [0.05, 0.1) is 0 Å². The molecule has 0 saturated heterocycles. The molecule has 0 heteroatoms. The summed E-state index contributed by atoms with van der Waals surface area (Å²) in [6, 6.07) is 0. The van der Waals surface area contributed by atoms with E-state index in [1.807, 2.05) is 0 Å². The quantitative estimate of drug-likeness (QED) is 0.537. The van der Waals surface area contributed by atoms with Gasteiger partial charge in [0.1, 0.15) is 0 Å². The van der Waals surface area contributed by atoms with Gasteiger partial charge < -0.3 is 0 Å². The van der Waals surface area contributed by atoms with Gasteiger partial charge in [-0.3, -0.25) is 0 Å². The molecule has 0 heterocycles. The Kier molecular flexibility index (Phi) is 4.60. The molecule has 0 nitrogen and oxygen atoms in total. The summed E-state index contributed by atoms with van der Waals surface area (Å²) < 4.78 is 0. The topological polar surface area (TPSA) is 0 Å². The molecule has 0 N–H and O–H groups in total. The summed E-state index contributed by atoms with van der Waals surface area (Å²) in [6.45, 7) is 0. The molecule has 4 rings (SSSR count). The molecular weight excluding hydrogens is 252 g/mol. The average molecular weight is 289 g/mol. The predicted molar refractivity (Wildman–Crippen MR) is 90.2 cm³/mol. The molecule has 4 aliphatic rings.